The van der Waals surface area contributed by atoms with Crippen molar-refractivity contribution in [2.45, 2.75) is 17.6 Å². The van der Waals surface area contributed by atoms with E-state index < -0.39 is 4.93 Å². The van der Waals surface area contributed by atoms with Crippen molar-refractivity contribution in [3.63, 3.8) is 0 Å². The van der Waals surface area contributed by atoms with Crippen LogP contribution in [0.15, 0.2) is 54.6 Å². The van der Waals surface area contributed by atoms with Crippen molar-refractivity contribution < 1.29 is 4.74 Å². The van der Waals surface area contributed by atoms with Gasteiger partial charge in [0.15, 0.2) is 10.8 Å². The Morgan fingerprint density at radius 1 is 1.10 bits per heavy atom. The molecule has 0 aliphatic carbocycles. The summed E-state index contributed by atoms with van der Waals surface area (Å²) in [6.07, 6.45) is 0.264. The molecule has 0 N–H and O–H groups in total. The molecule has 0 amide bonds. The molecule has 2 aliphatic heterocycles. The van der Waals surface area contributed by atoms with Gasteiger partial charge in [-0.3, -0.25) is 0 Å². The van der Waals surface area contributed by atoms with Crippen LogP contribution in [-0.4, -0.2) is 21.4 Å². The number of hydrogen-bond acceptors (Lipinski definition) is 3. The Labute approximate surface area is 126 Å². The molecule has 1 aromatic heterocycles. The van der Waals surface area contributed by atoms with Gasteiger partial charge in [-0.2, -0.15) is 0 Å². The number of rotatable bonds is 1. The maximum atomic E-state index is 6.41. The molecule has 0 saturated carbocycles. The lowest BCUT2D eigenvalue weighted by molar-refractivity contribution is -0.0213. The smallest absolute Gasteiger partial charge is 0.197 e. The number of hydrogen-bond donors (Lipinski definition) is 0. The average molecular weight is 294 g/mol. The number of fused-ring (bicyclic) bond motifs is 6. The first kappa shape index (κ1) is 11.8. The van der Waals surface area contributed by atoms with Gasteiger partial charge in [-0.1, -0.05) is 42.5 Å². The van der Waals surface area contributed by atoms with Crippen LogP contribution in [0.3, 0.4) is 0 Å². The first-order chi connectivity index (χ1) is 10.4. The van der Waals surface area contributed by atoms with E-state index in [2.05, 4.69) is 47.0 Å². The van der Waals surface area contributed by atoms with Gasteiger partial charge >= 0.3 is 0 Å². The molecule has 21 heavy (non-hydrogen) atoms. The average Bonchev–Trinajstić information content (AvgIpc) is 3.10. The fourth-order valence-corrected chi connectivity index (χ4v) is 4.76. The molecule has 3 aromatic rings. The van der Waals surface area contributed by atoms with Crippen LogP contribution in [0.4, 0.5) is 0 Å². The third kappa shape index (κ3) is 1.52. The van der Waals surface area contributed by atoms with Crippen molar-refractivity contribution in [3.05, 3.63) is 66.0 Å². The van der Waals surface area contributed by atoms with Gasteiger partial charge in [-0.05, 0) is 12.1 Å². The minimum absolute atomic E-state index is 0.264. The van der Waals surface area contributed by atoms with E-state index in [-0.39, 0.29) is 6.10 Å². The molecule has 2 aliphatic rings. The number of aromatic nitrogens is 2. The summed E-state index contributed by atoms with van der Waals surface area (Å²) in [7, 11) is 0. The minimum Gasteiger partial charge on any atom is -0.347 e. The normalized spacial score (nSPS) is 27.0. The lowest BCUT2D eigenvalue weighted by atomic mass is 10.1. The molecule has 3 nitrogen and oxygen atoms in total. The molecule has 0 radical (unpaired) electrons. The van der Waals surface area contributed by atoms with Gasteiger partial charge in [-0.25, -0.2) is 4.98 Å². The number of nitrogens with zero attached hydrogens (tertiary/aromatic N) is 2. The molecule has 3 heterocycles. The van der Waals surface area contributed by atoms with Crippen molar-refractivity contribution in [1.82, 2.24) is 9.55 Å². The number of benzene rings is 2. The van der Waals surface area contributed by atoms with Crippen LogP contribution in [0, 0.1) is 0 Å². The van der Waals surface area contributed by atoms with Gasteiger partial charge in [0.25, 0.3) is 0 Å². The number of para-hydroxylation sites is 2. The molecule has 2 bridgehead atoms. The summed E-state index contributed by atoms with van der Waals surface area (Å²) in [5.41, 5.74) is 3.46. The van der Waals surface area contributed by atoms with Gasteiger partial charge in [0, 0.05) is 11.3 Å². The van der Waals surface area contributed by atoms with Crippen molar-refractivity contribution >= 4 is 22.8 Å². The molecule has 1 fully saturated rings. The zero-order chi connectivity index (χ0) is 13.9. The van der Waals surface area contributed by atoms with Crippen molar-refractivity contribution in [2.24, 2.45) is 0 Å². The van der Waals surface area contributed by atoms with Crippen LogP contribution < -0.4 is 0 Å². The van der Waals surface area contributed by atoms with Crippen LogP contribution >= 0.6 is 11.8 Å². The summed E-state index contributed by atoms with van der Waals surface area (Å²) >= 11 is 1.87. The van der Waals surface area contributed by atoms with E-state index in [1.54, 1.807) is 0 Å². The van der Waals surface area contributed by atoms with Gasteiger partial charge in [0.05, 0.1) is 23.7 Å². The van der Waals surface area contributed by atoms with Crippen molar-refractivity contribution in [1.29, 1.82) is 0 Å². The van der Waals surface area contributed by atoms with E-state index in [0.717, 1.165) is 23.6 Å². The monoisotopic (exact) mass is 294 g/mol. The summed E-state index contributed by atoms with van der Waals surface area (Å²) in [4.78, 5) is 4.46. The van der Waals surface area contributed by atoms with Gasteiger partial charge in [0.2, 0.25) is 0 Å². The third-order valence-electron chi connectivity index (χ3n) is 4.29. The maximum absolute atomic E-state index is 6.41. The van der Waals surface area contributed by atoms with E-state index in [9.17, 15) is 0 Å². The van der Waals surface area contributed by atoms with Crippen LogP contribution in [-0.2, 0) is 16.2 Å². The zero-order valence-electron chi connectivity index (χ0n) is 11.4. The number of ether oxygens (including phenoxy) is 1. The predicted molar refractivity (Wildman–Crippen MR) is 84.3 cm³/mol. The van der Waals surface area contributed by atoms with E-state index in [1.165, 1.54) is 11.1 Å². The molecule has 2 atom stereocenters. The Balaban J connectivity index is 1.82. The van der Waals surface area contributed by atoms with Crippen LogP contribution in [0.1, 0.15) is 11.4 Å². The Morgan fingerprint density at radius 2 is 1.90 bits per heavy atom. The highest BCUT2D eigenvalue weighted by Crippen LogP contribution is 2.52. The predicted octanol–water partition coefficient (Wildman–Crippen LogP) is 3.38. The van der Waals surface area contributed by atoms with Crippen molar-refractivity contribution in [2.75, 3.05) is 5.75 Å². The van der Waals surface area contributed by atoms with Crippen molar-refractivity contribution in [3.8, 4) is 0 Å². The Bertz CT molecular complexity index is 829. The minimum atomic E-state index is -0.441. The molecule has 104 valence electrons. The second-order valence-corrected chi connectivity index (χ2v) is 6.77. The third-order valence-corrected chi connectivity index (χ3v) is 5.75. The second-order valence-electron chi connectivity index (χ2n) is 5.57. The first-order valence-electron chi connectivity index (χ1n) is 7.20. The highest BCUT2D eigenvalue weighted by Gasteiger charge is 2.51. The van der Waals surface area contributed by atoms with E-state index >= 15 is 0 Å². The van der Waals surface area contributed by atoms with E-state index in [0.29, 0.717) is 0 Å². The highest BCUT2D eigenvalue weighted by atomic mass is 32.2. The summed E-state index contributed by atoms with van der Waals surface area (Å²) in [5, 5.41) is 0. The fraction of sp³-hybridized carbons (Fsp3) is 0.235. The summed E-state index contributed by atoms with van der Waals surface area (Å²) in [5.74, 6) is 2.06. The standard InChI is InChI=1S/C17H14N2OS/c1-2-6-12(7-3-1)17-16-18-14-8-4-5-9-15(14)19(16)10-13(20-17)11-21-17/h1-9,13H,10-11H2. The summed E-state index contributed by atoms with van der Waals surface area (Å²) in [6, 6.07) is 18.8. The quantitative estimate of drug-likeness (QED) is 0.688. The molecule has 4 heteroatoms. The maximum Gasteiger partial charge on any atom is 0.197 e. The summed E-state index contributed by atoms with van der Waals surface area (Å²) in [6.45, 7) is 0.900. The zero-order valence-corrected chi connectivity index (χ0v) is 12.2. The lowest BCUT2D eigenvalue weighted by Gasteiger charge is -2.33. The lowest BCUT2D eigenvalue weighted by Crippen LogP contribution is -2.36. The van der Waals surface area contributed by atoms with E-state index in [4.69, 9.17) is 9.72 Å². The first-order valence-corrected chi connectivity index (χ1v) is 8.18. The van der Waals surface area contributed by atoms with Crippen LogP contribution in [0.2, 0.25) is 0 Å². The molecule has 2 unspecified atom stereocenters. The largest absolute Gasteiger partial charge is 0.347 e. The highest BCUT2D eigenvalue weighted by molar-refractivity contribution is 8.00. The van der Waals surface area contributed by atoms with Gasteiger partial charge < -0.3 is 9.30 Å². The van der Waals surface area contributed by atoms with Gasteiger partial charge in [0.1, 0.15) is 0 Å². The van der Waals surface area contributed by atoms with Gasteiger partial charge in [-0.15, -0.1) is 11.8 Å². The molecule has 2 aromatic carbocycles. The molecule has 5 rings (SSSR count). The number of thioether (sulfide) groups is 1. The summed E-state index contributed by atoms with van der Waals surface area (Å²) < 4.78 is 8.75. The Morgan fingerprint density at radius 3 is 2.81 bits per heavy atom. The SMILES string of the molecule is c1ccc(C23OC(CS2)Cn2c3nc3ccccc32)cc1. The second kappa shape index (κ2) is 4.12. The molecular weight excluding hydrogens is 280 g/mol. The molecular formula is C17H14N2OS. The Kier molecular flexibility index (Phi) is 2.32. The topological polar surface area (TPSA) is 27.1 Å². The fourth-order valence-electron chi connectivity index (χ4n) is 3.37. The molecule has 1 saturated heterocycles. The van der Waals surface area contributed by atoms with Crippen LogP contribution in [0.5, 0.6) is 0 Å². The Hall–Kier alpha value is -1.78. The number of imidazole rings is 1. The molecule has 0 spiro atoms. The van der Waals surface area contributed by atoms with E-state index in [1.807, 2.05) is 23.9 Å². The van der Waals surface area contributed by atoms with Crippen LogP contribution in [0.25, 0.3) is 11.0 Å².